The van der Waals surface area contributed by atoms with Crippen molar-refractivity contribution in [2.45, 2.75) is 23.9 Å². The summed E-state index contributed by atoms with van der Waals surface area (Å²) in [5, 5.41) is 18.6. The van der Waals surface area contributed by atoms with Gasteiger partial charge in [-0.3, -0.25) is 14.9 Å². The first-order valence-corrected chi connectivity index (χ1v) is 15.4. The number of methoxy groups -OCH3 is 1. The van der Waals surface area contributed by atoms with Gasteiger partial charge in [-0.1, -0.05) is 70.5 Å². The van der Waals surface area contributed by atoms with E-state index in [1.807, 2.05) is 79.0 Å². The van der Waals surface area contributed by atoms with Gasteiger partial charge >= 0.3 is 0 Å². The number of nitro groups is 1. The Morgan fingerprint density at radius 3 is 2.44 bits per heavy atom. The predicted molar refractivity (Wildman–Crippen MR) is 173 cm³/mol. The lowest BCUT2D eigenvalue weighted by Gasteiger charge is -2.22. The maximum Gasteiger partial charge on any atom is 0.269 e. The molecule has 0 aliphatic carbocycles. The summed E-state index contributed by atoms with van der Waals surface area (Å²) in [5.41, 5.74) is 4.90. The van der Waals surface area contributed by atoms with E-state index in [0.29, 0.717) is 13.0 Å². The minimum Gasteiger partial charge on any atom is -0.497 e. The van der Waals surface area contributed by atoms with Crippen LogP contribution in [0.25, 0.3) is 10.9 Å². The van der Waals surface area contributed by atoms with Crippen molar-refractivity contribution in [2.75, 3.05) is 12.9 Å². The van der Waals surface area contributed by atoms with Crippen LogP contribution in [0.3, 0.4) is 0 Å². The van der Waals surface area contributed by atoms with Crippen molar-refractivity contribution in [3.63, 3.8) is 0 Å². The lowest BCUT2D eigenvalue weighted by molar-refractivity contribution is -0.384. The average molecular weight is 656 g/mol. The molecule has 0 fully saturated rings. The molecule has 1 aliphatic rings. The van der Waals surface area contributed by atoms with E-state index in [9.17, 15) is 14.9 Å². The van der Waals surface area contributed by atoms with E-state index in [-0.39, 0.29) is 23.4 Å². The van der Waals surface area contributed by atoms with Gasteiger partial charge in [0.1, 0.15) is 5.75 Å². The summed E-state index contributed by atoms with van der Waals surface area (Å²) in [6.07, 6.45) is 2.66. The molecule has 0 radical (unpaired) electrons. The van der Waals surface area contributed by atoms with E-state index < -0.39 is 4.92 Å². The lowest BCUT2D eigenvalue weighted by Crippen LogP contribution is -2.28. The normalized spacial score (nSPS) is 14.6. The fourth-order valence-corrected chi connectivity index (χ4v) is 6.43. The SMILES string of the molecule is COc1ccc(C2CC(c3ccc(Br)cc3)=NN2C(=O)CSc2cn(Cc3ccc([N+](=O)[O-])cc3)c3ccccc23)cc1. The van der Waals surface area contributed by atoms with Crippen molar-refractivity contribution in [1.82, 2.24) is 9.58 Å². The van der Waals surface area contributed by atoms with Crippen molar-refractivity contribution in [3.8, 4) is 5.75 Å². The second-order valence-corrected chi connectivity index (χ2v) is 12.1. The molecule has 6 rings (SSSR count). The fraction of sp³-hybridized carbons (Fsp3) is 0.152. The van der Waals surface area contributed by atoms with E-state index >= 15 is 0 Å². The third-order valence-electron chi connectivity index (χ3n) is 7.45. The molecule has 4 aromatic carbocycles. The molecule has 5 aromatic rings. The van der Waals surface area contributed by atoms with Crippen LogP contribution in [0.15, 0.2) is 118 Å². The molecular formula is C33H27BrN4O4S. The summed E-state index contributed by atoms with van der Waals surface area (Å²) < 4.78 is 8.44. The fourth-order valence-electron chi connectivity index (χ4n) is 5.23. The van der Waals surface area contributed by atoms with Crippen LogP contribution in [-0.4, -0.2) is 39.0 Å². The van der Waals surface area contributed by atoms with Gasteiger partial charge in [0.2, 0.25) is 0 Å². The molecule has 1 amide bonds. The van der Waals surface area contributed by atoms with E-state index in [1.54, 1.807) is 24.3 Å². The zero-order valence-corrected chi connectivity index (χ0v) is 25.6. The monoisotopic (exact) mass is 654 g/mol. The Bertz CT molecular complexity index is 1820. The number of halogens is 1. The van der Waals surface area contributed by atoms with Gasteiger partial charge in [-0.25, -0.2) is 5.01 Å². The summed E-state index contributed by atoms with van der Waals surface area (Å²) in [4.78, 5) is 25.4. The maximum absolute atomic E-state index is 13.8. The Labute approximate surface area is 261 Å². The zero-order valence-electron chi connectivity index (χ0n) is 23.2. The standard InChI is InChI=1S/C33H27BrN4O4S/c1-42-27-16-10-24(11-17-27)31-18-29(23-8-12-25(34)13-9-23)35-37(31)33(39)21-43-32-20-36(30-5-3-2-4-28(30)32)19-22-6-14-26(15-7-22)38(40)41/h2-17,20,31H,18-19,21H2,1H3. The molecule has 1 aromatic heterocycles. The van der Waals surface area contributed by atoms with E-state index in [4.69, 9.17) is 9.84 Å². The Balaban J connectivity index is 1.24. The van der Waals surface area contributed by atoms with Gasteiger partial charge in [0.25, 0.3) is 11.6 Å². The number of carbonyl (C=O) groups is 1. The van der Waals surface area contributed by atoms with Crippen molar-refractivity contribution < 1.29 is 14.5 Å². The molecule has 0 saturated carbocycles. The number of rotatable bonds is 9. The zero-order chi connectivity index (χ0) is 29.9. The first kappa shape index (κ1) is 28.7. The van der Waals surface area contributed by atoms with Crippen molar-refractivity contribution in [2.24, 2.45) is 5.10 Å². The van der Waals surface area contributed by atoms with Gasteiger partial charge in [-0.2, -0.15) is 5.10 Å². The highest BCUT2D eigenvalue weighted by molar-refractivity contribution is 9.10. The molecule has 0 N–H and O–H groups in total. The Kier molecular flexibility index (Phi) is 8.31. The number of nitro benzene ring substituents is 1. The van der Waals surface area contributed by atoms with Crippen molar-refractivity contribution >= 4 is 55.9 Å². The highest BCUT2D eigenvalue weighted by atomic mass is 79.9. The second kappa shape index (κ2) is 12.4. The van der Waals surface area contributed by atoms with Gasteiger partial charge in [0.05, 0.1) is 29.5 Å². The second-order valence-electron chi connectivity index (χ2n) is 10.1. The molecule has 1 aliphatic heterocycles. The lowest BCUT2D eigenvalue weighted by atomic mass is 9.98. The largest absolute Gasteiger partial charge is 0.497 e. The number of amides is 1. The Hall–Kier alpha value is -4.41. The molecule has 1 atom stereocenters. The van der Waals surface area contributed by atoms with Crippen LogP contribution in [-0.2, 0) is 11.3 Å². The molecule has 216 valence electrons. The Morgan fingerprint density at radius 1 is 1.02 bits per heavy atom. The Morgan fingerprint density at radius 2 is 1.74 bits per heavy atom. The highest BCUT2D eigenvalue weighted by Gasteiger charge is 2.33. The van der Waals surface area contributed by atoms with Gasteiger partial charge in [0, 0.05) is 51.6 Å². The molecule has 1 unspecified atom stereocenters. The molecular weight excluding hydrogens is 628 g/mol. The molecule has 8 nitrogen and oxygen atoms in total. The molecule has 0 bridgehead atoms. The number of non-ortho nitro benzene ring substituents is 1. The van der Waals surface area contributed by atoms with Gasteiger partial charge in [0.15, 0.2) is 0 Å². The first-order chi connectivity index (χ1) is 20.9. The summed E-state index contributed by atoms with van der Waals surface area (Å²) in [7, 11) is 1.63. The summed E-state index contributed by atoms with van der Waals surface area (Å²) in [6, 6.07) is 30.2. The minimum atomic E-state index is -0.397. The number of carbonyl (C=O) groups excluding carboxylic acids is 1. The van der Waals surface area contributed by atoms with Crippen molar-refractivity contribution in [3.05, 3.63) is 135 Å². The summed E-state index contributed by atoms with van der Waals surface area (Å²) in [6.45, 7) is 0.555. The van der Waals surface area contributed by atoms with Gasteiger partial charge in [-0.15, -0.1) is 11.8 Å². The maximum atomic E-state index is 13.8. The van der Waals surface area contributed by atoms with Crippen LogP contribution in [0.4, 0.5) is 5.69 Å². The van der Waals surface area contributed by atoms with Crippen LogP contribution in [0.2, 0.25) is 0 Å². The number of hydrogen-bond donors (Lipinski definition) is 0. The van der Waals surface area contributed by atoms with Gasteiger partial charge in [-0.05, 0) is 47.0 Å². The summed E-state index contributed by atoms with van der Waals surface area (Å²) in [5.74, 6) is 0.898. The molecule has 0 saturated heterocycles. The minimum absolute atomic E-state index is 0.0664. The number of fused-ring (bicyclic) bond motifs is 1. The van der Waals surface area contributed by atoms with Crippen LogP contribution in [0.1, 0.15) is 29.2 Å². The van der Waals surface area contributed by atoms with Crippen LogP contribution >= 0.6 is 27.7 Å². The van der Waals surface area contributed by atoms with Crippen LogP contribution in [0, 0.1) is 10.1 Å². The predicted octanol–water partition coefficient (Wildman–Crippen LogP) is 7.84. The molecule has 0 spiro atoms. The topological polar surface area (TPSA) is 90.0 Å². The number of aromatic nitrogens is 1. The molecule has 10 heteroatoms. The van der Waals surface area contributed by atoms with Crippen molar-refractivity contribution in [1.29, 1.82) is 0 Å². The highest BCUT2D eigenvalue weighted by Crippen LogP contribution is 2.36. The van der Waals surface area contributed by atoms with Gasteiger partial charge < -0.3 is 9.30 Å². The number of hydrazone groups is 1. The molecule has 43 heavy (non-hydrogen) atoms. The smallest absolute Gasteiger partial charge is 0.269 e. The number of thioether (sulfide) groups is 1. The number of benzene rings is 4. The van der Waals surface area contributed by atoms with E-state index in [2.05, 4.69) is 20.5 Å². The number of para-hydroxylation sites is 1. The van der Waals surface area contributed by atoms with E-state index in [0.717, 1.165) is 48.4 Å². The third kappa shape index (κ3) is 6.21. The summed E-state index contributed by atoms with van der Waals surface area (Å²) >= 11 is 4.98. The number of hydrogen-bond acceptors (Lipinski definition) is 6. The van der Waals surface area contributed by atoms with Crippen LogP contribution < -0.4 is 4.74 Å². The number of nitrogens with zero attached hydrogens (tertiary/aromatic N) is 4. The van der Waals surface area contributed by atoms with E-state index in [1.165, 1.54) is 23.9 Å². The van der Waals surface area contributed by atoms with Crippen LogP contribution in [0.5, 0.6) is 5.75 Å². The average Bonchev–Trinajstić information content (AvgIpc) is 3.63. The first-order valence-electron chi connectivity index (χ1n) is 13.6. The third-order valence-corrected chi connectivity index (χ3v) is 9.00. The quantitative estimate of drug-likeness (QED) is 0.0917. The number of ether oxygens (including phenoxy) is 1. The molecule has 2 heterocycles.